The standard InChI is InChI=1S/C14H22BN3O2/c1-10-8-17-9-12(18-10)6-11(7-16)15-19-13(2,3)14(4,5)20-15/h6,8-9H,7,16H2,1-5H3. The Morgan fingerprint density at radius 1 is 1.25 bits per heavy atom. The molecule has 1 fully saturated rings. The molecule has 1 aromatic rings. The van der Waals surface area contributed by atoms with E-state index in [4.69, 9.17) is 15.0 Å². The van der Waals surface area contributed by atoms with Gasteiger partial charge in [-0.3, -0.25) is 9.97 Å². The van der Waals surface area contributed by atoms with E-state index in [0.29, 0.717) is 6.54 Å². The van der Waals surface area contributed by atoms with Crippen LogP contribution in [-0.4, -0.2) is 34.8 Å². The summed E-state index contributed by atoms with van der Waals surface area (Å²) < 4.78 is 12.0. The summed E-state index contributed by atoms with van der Waals surface area (Å²) in [7, 11) is -0.438. The molecule has 20 heavy (non-hydrogen) atoms. The van der Waals surface area contributed by atoms with Crippen molar-refractivity contribution in [3.05, 3.63) is 29.3 Å². The summed E-state index contributed by atoms with van der Waals surface area (Å²) in [6.07, 6.45) is 5.31. The van der Waals surface area contributed by atoms with Crippen molar-refractivity contribution >= 4 is 13.2 Å². The van der Waals surface area contributed by atoms with Crippen molar-refractivity contribution < 1.29 is 9.31 Å². The van der Waals surface area contributed by atoms with Crippen LogP contribution in [0.1, 0.15) is 39.1 Å². The highest BCUT2D eigenvalue weighted by Gasteiger charge is 2.52. The summed E-state index contributed by atoms with van der Waals surface area (Å²) in [5.41, 5.74) is 7.59. The first-order chi connectivity index (χ1) is 9.25. The van der Waals surface area contributed by atoms with E-state index in [9.17, 15) is 0 Å². The minimum absolute atomic E-state index is 0.354. The largest absolute Gasteiger partial charge is 0.491 e. The smallest absolute Gasteiger partial charge is 0.400 e. The van der Waals surface area contributed by atoms with Crippen LogP contribution in [0.25, 0.3) is 6.08 Å². The molecule has 1 saturated heterocycles. The molecule has 0 unspecified atom stereocenters. The zero-order valence-corrected chi connectivity index (χ0v) is 12.8. The molecule has 0 radical (unpaired) electrons. The molecule has 1 aliphatic rings. The fourth-order valence-corrected chi connectivity index (χ4v) is 1.96. The van der Waals surface area contributed by atoms with E-state index < -0.39 is 7.12 Å². The lowest BCUT2D eigenvalue weighted by Crippen LogP contribution is -2.41. The first kappa shape index (κ1) is 15.2. The van der Waals surface area contributed by atoms with Gasteiger partial charge < -0.3 is 15.0 Å². The lowest BCUT2D eigenvalue weighted by Gasteiger charge is -2.32. The van der Waals surface area contributed by atoms with Crippen LogP contribution in [-0.2, 0) is 9.31 Å². The molecule has 0 spiro atoms. The number of nitrogens with zero attached hydrogens (tertiary/aromatic N) is 2. The topological polar surface area (TPSA) is 70.3 Å². The van der Waals surface area contributed by atoms with Gasteiger partial charge in [-0.25, -0.2) is 0 Å². The molecule has 5 nitrogen and oxygen atoms in total. The SMILES string of the molecule is Cc1cncc(C=C(CN)B2OC(C)(C)C(C)(C)O2)n1. The second kappa shape index (κ2) is 5.28. The molecule has 0 saturated carbocycles. The Hall–Kier alpha value is -1.24. The maximum Gasteiger partial charge on any atom is 0.491 e. The number of nitrogens with two attached hydrogens (primary N) is 1. The molecule has 0 bridgehead atoms. The van der Waals surface area contributed by atoms with Crippen LogP contribution in [0.5, 0.6) is 0 Å². The fourth-order valence-electron chi connectivity index (χ4n) is 1.96. The zero-order valence-electron chi connectivity index (χ0n) is 12.8. The minimum atomic E-state index is -0.438. The van der Waals surface area contributed by atoms with Gasteiger partial charge in [0.25, 0.3) is 0 Å². The fraction of sp³-hybridized carbons (Fsp3) is 0.571. The maximum absolute atomic E-state index is 6.00. The Labute approximate surface area is 120 Å². The maximum atomic E-state index is 6.00. The lowest BCUT2D eigenvalue weighted by atomic mass is 9.77. The van der Waals surface area contributed by atoms with Gasteiger partial charge in [-0.15, -0.1) is 0 Å². The summed E-state index contributed by atoms with van der Waals surface area (Å²) in [5.74, 6) is 0. The van der Waals surface area contributed by atoms with Gasteiger partial charge in [-0.1, -0.05) is 0 Å². The third kappa shape index (κ3) is 2.92. The molecule has 2 rings (SSSR count). The quantitative estimate of drug-likeness (QED) is 0.851. The first-order valence-corrected chi connectivity index (χ1v) is 6.80. The van der Waals surface area contributed by atoms with Gasteiger partial charge in [0.15, 0.2) is 0 Å². The molecule has 0 aromatic carbocycles. The van der Waals surface area contributed by atoms with Crippen molar-refractivity contribution in [3.8, 4) is 0 Å². The van der Waals surface area contributed by atoms with E-state index >= 15 is 0 Å². The van der Waals surface area contributed by atoms with Gasteiger partial charge in [0.1, 0.15) is 0 Å². The van der Waals surface area contributed by atoms with Crippen molar-refractivity contribution in [1.82, 2.24) is 9.97 Å². The second-order valence-corrected chi connectivity index (χ2v) is 6.10. The van der Waals surface area contributed by atoms with Gasteiger partial charge in [-0.2, -0.15) is 0 Å². The summed E-state index contributed by atoms with van der Waals surface area (Å²) >= 11 is 0. The van der Waals surface area contributed by atoms with E-state index in [2.05, 4.69) is 9.97 Å². The van der Waals surface area contributed by atoms with Crippen LogP contribution in [0.2, 0.25) is 0 Å². The first-order valence-electron chi connectivity index (χ1n) is 6.80. The highest BCUT2D eigenvalue weighted by Crippen LogP contribution is 2.38. The summed E-state index contributed by atoms with van der Waals surface area (Å²) in [4.78, 5) is 8.53. The second-order valence-electron chi connectivity index (χ2n) is 6.10. The van der Waals surface area contributed by atoms with Crippen LogP contribution in [0.4, 0.5) is 0 Å². The molecule has 0 aliphatic carbocycles. The van der Waals surface area contributed by atoms with E-state index in [1.54, 1.807) is 12.4 Å². The Balaban J connectivity index is 2.26. The van der Waals surface area contributed by atoms with Gasteiger partial charge in [0.2, 0.25) is 0 Å². The Morgan fingerprint density at radius 2 is 1.85 bits per heavy atom. The third-order valence-corrected chi connectivity index (χ3v) is 3.90. The van der Waals surface area contributed by atoms with Crippen molar-refractivity contribution in [2.45, 2.75) is 45.8 Å². The summed E-state index contributed by atoms with van der Waals surface area (Å²) in [6.45, 7) is 10.3. The Bertz CT molecular complexity index is 513. The molecular formula is C14H22BN3O2. The molecule has 0 atom stereocenters. The average Bonchev–Trinajstić information content (AvgIpc) is 2.55. The highest BCUT2D eigenvalue weighted by molar-refractivity contribution is 6.55. The van der Waals surface area contributed by atoms with Crippen LogP contribution in [0.3, 0.4) is 0 Å². The summed E-state index contributed by atoms with van der Waals surface area (Å²) in [5, 5.41) is 0. The number of aromatic nitrogens is 2. The molecular weight excluding hydrogens is 253 g/mol. The Morgan fingerprint density at radius 3 is 2.35 bits per heavy atom. The van der Waals surface area contributed by atoms with Gasteiger partial charge in [-0.05, 0) is 46.2 Å². The lowest BCUT2D eigenvalue weighted by molar-refractivity contribution is 0.00578. The molecule has 2 heterocycles. The highest BCUT2D eigenvalue weighted by atomic mass is 16.7. The monoisotopic (exact) mass is 275 g/mol. The van der Waals surface area contributed by atoms with Gasteiger partial charge in [0.05, 0.1) is 28.8 Å². The van der Waals surface area contributed by atoms with E-state index in [1.807, 2.05) is 40.7 Å². The molecule has 108 valence electrons. The van der Waals surface area contributed by atoms with Crippen molar-refractivity contribution in [2.24, 2.45) is 5.73 Å². The number of hydrogen-bond acceptors (Lipinski definition) is 5. The van der Waals surface area contributed by atoms with E-state index in [0.717, 1.165) is 16.9 Å². The predicted octanol–water partition coefficient (Wildman–Crippen LogP) is 1.76. The molecule has 6 heteroatoms. The third-order valence-electron chi connectivity index (χ3n) is 3.90. The van der Waals surface area contributed by atoms with Crippen LogP contribution in [0, 0.1) is 6.92 Å². The normalized spacial score (nSPS) is 21.3. The van der Waals surface area contributed by atoms with Crippen molar-refractivity contribution in [2.75, 3.05) is 6.54 Å². The Kier molecular flexibility index (Phi) is 4.00. The number of aryl methyl sites for hydroxylation is 1. The number of hydrogen-bond donors (Lipinski definition) is 1. The van der Waals surface area contributed by atoms with Crippen molar-refractivity contribution in [1.29, 1.82) is 0 Å². The van der Waals surface area contributed by atoms with Crippen LogP contribution in [0.15, 0.2) is 17.9 Å². The van der Waals surface area contributed by atoms with Gasteiger partial charge >= 0.3 is 7.12 Å². The molecule has 1 aliphatic heterocycles. The molecule has 2 N–H and O–H groups in total. The van der Waals surface area contributed by atoms with E-state index in [-0.39, 0.29) is 11.2 Å². The minimum Gasteiger partial charge on any atom is -0.400 e. The molecule has 0 amide bonds. The predicted molar refractivity (Wildman–Crippen MR) is 79.9 cm³/mol. The average molecular weight is 275 g/mol. The van der Waals surface area contributed by atoms with Crippen LogP contribution < -0.4 is 5.73 Å². The zero-order chi connectivity index (χ0) is 15.0. The molecule has 1 aromatic heterocycles. The van der Waals surface area contributed by atoms with Crippen molar-refractivity contribution in [3.63, 3.8) is 0 Å². The number of rotatable bonds is 3. The van der Waals surface area contributed by atoms with Gasteiger partial charge in [0, 0.05) is 12.7 Å². The van der Waals surface area contributed by atoms with E-state index in [1.165, 1.54) is 0 Å². The van der Waals surface area contributed by atoms with Crippen LogP contribution >= 0.6 is 0 Å². The summed E-state index contributed by atoms with van der Waals surface area (Å²) in [6, 6.07) is 0.